The Balaban J connectivity index is 2.30. The van der Waals surface area contributed by atoms with Gasteiger partial charge in [0.25, 0.3) is 0 Å². The van der Waals surface area contributed by atoms with E-state index in [2.05, 4.69) is 0 Å². The minimum absolute atomic E-state index is 0.685. The third-order valence-electron chi connectivity index (χ3n) is 3.95. The van der Waals surface area contributed by atoms with E-state index in [1.807, 2.05) is 50.2 Å². The summed E-state index contributed by atoms with van der Waals surface area (Å²) in [6.45, 7) is 7.20. The normalized spacial score (nSPS) is 12.7. The van der Waals surface area contributed by atoms with Crippen LogP contribution in [0.5, 0.6) is 0 Å². The van der Waals surface area contributed by atoms with Crippen LogP contribution in [0.2, 0.25) is 0 Å². The zero-order chi connectivity index (χ0) is 15.0. The van der Waals surface area contributed by atoms with Gasteiger partial charge in [-0.05, 0) is 43.9 Å². The van der Waals surface area contributed by atoms with Gasteiger partial charge in [0, 0.05) is 0 Å². The van der Waals surface area contributed by atoms with Crippen LogP contribution in [0.3, 0.4) is 0 Å². The van der Waals surface area contributed by atoms with Crippen molar-refractivity contribution in [3.05, 3.63) is 36.4 Å². The molecule has 0 atom stereocenters. The minimum Gasteiger partial charge on any atom is -0.427 e. The zero-order valence-corrected chi connectivity index (χ0v) is 12.5. The fourth-order valence-corrected chi connectivity index (χ4v) is 1.80. The number of hydrogen-bond acceptors (Lipinski definition) is 2. The number of rotatable bonds is 4. The van der Waals surface area contributed by atoms with Gasteiger partial charge in [-0.1, -0.05) is 41.9 Å². The summed E-state index contributed by atoms with van der Waals surface area (Å²) >= 11 is 0. The molecule has 0 heterocycles. The Labute approximate surface area is 122 Å². The summed E-state index contributed by atoms with van der Waals surface area (Å²) in [5.41, 5.74) is 0.0782. The van der Waals surface area contributed by atoms with E-state index < -0.39 is 11.2 Å². The molecule has 2 nitrogen and oxygen atoms in total. The Morgan fingerprint density at radius 1 is 1.00 bits per heavy atom. The van der Waals surface area contributed by atoms with Crippen LogP contribution in [0.25, 0.3) is 10.8 Å². The van der Waals surface area contributed by atoms with Crippen LogP contribution in [0.4, 0.5) is 0 Å². The molecule has 0 amide bonds. The molecule has 2 aromatic carbocycles. The number of benzene rings is 2. The summed E-state index contributed by atoms with van der Waals surface area (Å²) < 4.78 is 5.81. The van der Waals surface area contributed by atoms with Crippen LogP contribution in [0.1, 0.15) is 27.7 Å². The van der Waals surface area contributed by atoms with Crippen molar-refractivity contribution in [1.29, 1.82) is 0 Å². The third-order valence-corrected chi connectivity index (χ3v) is 3.95. The van der Waals surface area contributed by atoms with Gasteiger partial charge in [-0.15, -0.1) is 0 Å². The van der Waals surface area contributed by atoms with Gasteiger partial charge in [0.15, 0.2) is 0 Å². The summed E-state index contributed by atoms with van der Waals surface area (Å²) in [5, 5.41) is 12.2. The van der Waals surface area contributed by atoms with Crippen LogP contribution < -0.4 is 10.9 Å². The molecule has 4 heteroatoms. The first-order valence-corrected chi connectivity index (χ1v) is 6.73. The molecule has 0 aliphatic rings. The van der Waals surface area contributed by atoms with Gasteiger partial charge in [0.1, 0.15) is 7.85 Å². The highest BCUT2D eigenvalue weighted by atomic mass is 16.5. The van der Waals surface area contributed by atoms with Crippen LogP contribution in [0.15, 0.2) is 36.4 Å². The van der Waals surface area contributed by atoms with Crippen molar-refractivity contribution in [2.75, 3.05) is 0 Å². The second-order valence-electron chi connectivity index (χ2n) is 6.09. The van der Waals surface area contributed by atoms with Gasteiger partial charge in [0.2, 0.25) is 0 Å². The molecule has 0 saturated carbocycles. The Kier molecular flexibility index (Phi) is 3.99. The molecular formula is C16H19B2O2. The molecule has 1 N–H and O–H groups in total. The lowest BCUT2D eigenvalue weighted by atomic mass is 9.77. The monoisotopic (exact) mass is 265 g/mol. The molecule has 0 bridgehead atoms. The van der Waals surface area contributed by atoms with Gasteiger partial charge in [-0.2, -0.15) is 0 Å². The van der Waals surface area contributed by atoms with Crippen LogP contribution in [0, 0.1) is 0 Å². The second-order valence-corrected chi connectivity index (χ2v) is 6.09. The average molecular weight is 265 g/mol. The fraction of sp³-hybridized carbons (Fsp3) is 0.375. The summed E-state index contributed by atoms with van der Waals surface area (Å²) in [7, 11) is 7.68. The standard InChI is InChI=1S/C16H19B2O2/c1-15(2,19)16(3,4)20-18-14-10-9-13(17)11-7-5-6-8-12(11)14/h5-10,19H,1-4H3. The van der Waals surface area contributed by atoms with Crippen molar-refractivity contribution >= 4 is 37.0 Å². The minimum atomic E-state index is -0.937. The number of fused-ring (bicyclic) bond motifs is 1. The second kappa shape index (κ2) is 5.27. The molecule has 0 fully saturated rings. The van der Waals surface area contributed by atoms with Gasteiger partial charge in [-0.25, -0.2) is 0 Å². The topological polar surface area (TPSA) is 29.5 Å². The van der Waals surface area contributed by atoms with Crippen LogP contribution in [-0.4, -0.2) is 31.6 Å². The Bertz CT molecular complexity index is 615. The third kappa shape index (κ3) is 2.92. The van der Waals surface area contributed by atoms with E-state index in [4.69, 9.17) is 12.5 Å². The largest absolute Gasteiger partial charge is 0.427 e. The maximum Gasteiger partial charge on any atom is 0.331 e. The molecule has 2 rings (SSSR count). The lowest BCUT2D eigenvalue weighted by Crippen LogP contribution is -2.49. The maximum atomic E-state index is 10.1. The highest BCUT2D eigenvalue weighted by molar-refractivity contribution is 6.53. The molecule has 0 saturated heterocycles. The Hall–Kier alpha value is -1.25. The van der Waals surface area contributed by atoms with Crippen molar-refractivity contribution in [2.24, 2.45) is 0 Å². The lowest BCUT2D eigenvalue weighted by molar-refractivity contribution is -0.0893. The maximum absolute atomic E-state index is 10.1. The molecule has 0 aliphatic heterocycles. The smallest absolute Gasteiger partial charge is 0.331 e. The fourth-order valence-electron chi connectivity index (χ4n) is 1.80. The van der Waals surface area contributed by atoms with Gasteiger partial charge in [-0.3, -0.25) is 0 Å². The first-order valence-electron chi connectivity index (χ1n) is 6.73. The molecule has 101 valence electrons. The van der Waals surface area contributed by atoms with E-state index in [1.54, 1.807) is 21.3 Å². The highest BCUT2D eigenvalue weighted by Gasteiger charge is 2.35. The molecule has 3 radical (unpaired) electrons. The molecule has 0 unspecified atom stereocenters. The van der Waals surface area contributed by atoms with E-state index in [0.717, 1.165) is 21.7 Å². The predicted octanol–water partition coefficient (Wildman–Crippen LogP) is 1.44. The van der Waals surface area contributed by atoms with Crippen LogP contribution in [-0.2, 0) is 4.65 Å². The van der Waals surface area contributed by atoms with E-state index in [1.165, 1.54) is 0 Å². The van der Waals surface area contributed by atoms with E-state index in [-0.39, 0.29) is 0 Å². The lowest BCUT2D eigenvalue weighted by Gasteiger charge is -2.37. The van der Waals surface area contributed by atoms with Crippen molar-refractivity contribution in [3.8, 4) is 0 Å². The van der Waals surface area contributed by atoms with Gasteiger partial charge >= 0.3 is 7.48 Å². The summed E-state index contributed by atoms with van der Waals surface area (Å²) in [6.07, 6.45) is 0. The van der Waals surface area contributed by atoms with Gasteiger partial charge in [0.05, 0.1) is 11.2 Å². The quantitative estimate of drug-likeness (QED) is 0.847. The first-order chi connectivity index (χ1) is 9.22. The van der Waals surface area contributed by atoms with E-state index in [0.29, 0.717) is 0 Å². The average Bonchev–Trinajstić information content (AvgIpc) is 2.37. The summed E-state index contributed by atoms with van der Waals surface area (Å²) in [5.74, 6) is 0. The molecule has 0 spiro atoms. The molecule has 0 aliphatic carbocycles. The summed E-state index contributed by atoms with van der Waals surface area (Å²) in [4.78, 5) is 0. The predicted molar refractivity (Wildman–Crippen MR) is 86.2 cm³/mol. The van der Waals surface area contributed by atoms with Crippen molar-refractivity contribution in [1.82, 2.24) is 0 Å². The van der Waals surface area contributed by atoms with Crippen molar-refractivity contribution in [3.63, 3.8) is 0 Å². The van der Waals surface area contributed by atoms with Crippen LogP contribution >= 0.6 is 0 Å². The molecular weight excluding hydrogens is 246 g/mol. The number of hydrogen-bond donors (Lipinski definition) is 1. The first kappa shape index (κ1) is 15.1. The SMILES string of the molecule is [B]c1ccc([B]OC(C)(C)C(C)(C)O)c2ccccc12. The highest BCUT2D eigenvalue weighted by Crippen LogP contribution is 2.24. The molecule has 0 aromatic heterocycles. The van der Waals surface area contributed by atoms with E-state index >= 15 is 0 Å². The summed E-state index contributed by atoms with van der Waals surface area (Å²) in [6, 6.07) is 11.7. The Morgan fingerprint density at radius 2 is 1.60 bits per heavy atom. The molecule has 2 aromatic rings. The van der Waals surface area contributed by atoms with Crippen molar-refractivity contribution in [2.45, 2.75) is 38.9 Å². The van der Waals surface area contributed by atoms with Crippen molar-refractivity contribution < 1.29 is 9.76 Å². The Morgan fingerprint density at radius 3 is 2.20 bits per heavy atom. The van der Waals surface area contributed by atoms with Gasteiger partial charge < -0.3 is 9.76 Å². The van der Waals surface area contributed by atoms with E-state index in [9.17, 15) is 5.11 Å². The zero-order valence-electron chi connectivity index (χ0n) is 12.5. The molecule has 20 heavy (non-hydrogen) atoms. The number of aliphatic hydroxyl groups is 1.